The Hall–Kier alpha value is -2.65. The molecule has 0 atom stereocenters. The number of aromatic hydroxyl groups is 1. The Labute approximate surface area is 133 Å². The van der Waals surface area contributed by atoms with Gasteiger partial charge in [0.25, 0.3) is 5.69 Å². The van der Waals surface area contributed by atoms with E-state index in [4.69, 9.17) is 12.2 Å². The number of aromatic nitrogens is 1. The van der Waals surface area contributed by atoms with Gasteiger partial charge in [-0.1, -0.05) is 12.1 Å². The van der Waals surface area contributed by atoms with Crippen LogP contribution in [0.3, 0.4) is 0 Å². The van der Waals surface area contributed by atoms with Crippen LogP contribution in [0.2, 0.25) is 0 Å². The summed E-state index contributed by atoms with van der Waals surface area (Å²) in [5.41, 5.74) is 1.70. The first-order chi connectivity index (χ1) is 10.5. The maximum Gasteiger partial charge on any atom is 0.270 e. The summed E-state index contributed by atoms with van der Waals surface area (Å²) in [4.78, 5) is 13.6. The molecule has 110 valence electrons. The van der Waals surface area contributed by atoms with E-state index in [2.05, 4.69) is 15.2 Å². The summed E-state index contributed by atoms with van der Waals surface area (Å²) in [6.45, 7) is 0. The third-order valence-corrected chi connectivity index (χ3v) is 4.07. The Morgan fingerprint density at radius 3 is 2.95 bits per heavy atom. The lowest BCUT2D eigenvalue weighted by molar-refractivity contribution is -0.384. The maximum absolute atomic E-state index is 10.9. The van der Waals surface area contributed by atoms with Crippen LogP contribution < -0.4 is 0 Å². The van der Waals surface area contributed by atoms with Crippen LogP contribution in [0.5, 0.6) is 5.88 Å². The van der Waals surface area contributed by atoms with Gasteiger partial charge in [-0.3, -0.25) is 10.1 Å². The molecule has 3 rings (SSSR count). The molecule has 0 spiro atoms. The summed E-state index contributed by atoms with van der Waals surface area (Å²) in [6.07, 6.45) is 3.21. The lowest BCUT2D eigenvalue weighted by Gasteiger charge is -2.02. The third kappa shape index (κ3) is 2.71. The average molecular weight is 332 g/mol. The monoisotopic (exact) mass is 332 g/mol. The summed E-state index contributed by atoms with van der Waals surface area (Å²) in [5.74, 6) is -0.0267. The Balaban J connectivity index is 2.01. The van der Waals surface area contributed by atoms with Crippen molar-refractivity contribution in [1.82, 2.24) is 4.98 Å². The first kappa shape index (κ1) is 14.3. The normalized spacial score (nSPS) is 15.3. The van der Waals surface area contributed by atoms with Gasteiger partial charge >= 0.3 is 0 Å². The molecule has 0 unspecified atom stereocenters. The van der Waals surface area contributed by atoms with Crippen molar-refractivity contribution in [2.24, 2.45) is 10.2 Å². The highest BCUT2D eigenvalue weighted by atomic mass is 32.1. The second-order valence-corrected chi connectivity index (χ2v) is 6.05. The number of benzene rings is 1. The van der Waals surface area contributed by atoms with E-state index in [-0.39, 0.29) is 11.6 Å². The lowest BCUT2D eigenvalue weighted by Crippen LogP contribution is -2.03. The number of non-ortho nitro benzene ring substituents is 1. The molecule has 7 nitrogen and oxygen atoms in total. The quantitative estimate of drug-likeness (QED) is 0.511. The maximum atomic E-state index is 10.9. The number of hydrogen-bond acceptors (Lipinski definition) is 7. The van der Waals surface area contributed by atoms with Crippen molar-refractivity contribution in [2.75, 3.05) is 0 Å². The minimum Gasteiger partial charge on any atom is -0.494 e. The van der Waals surface area contributed by atoms with Gasteiger partial charge in [-0.05, 0) is 18.3 Å². The average Bonchev–Trinajstić information content (AvgIpc) is 3.06. The number of hydrogen-bond donors (Lipinski definition) is 2. The fourth-order valence-electron chi connectivity index (χ4n) is 1.94. The number of thiazole rings is 1. The van der Waals surface area contributed by atoms with E-state index in [1.807, 2.05) is 0 Å². The Kier molecular flexibility index (Phi) is 3.65. The van der Waals surface area contributed by atoms with Gasteiger partial charge in [-0.25, -0.2) is 0 Å². The van der Waals surface area contributed by atoms with E-state index in [0.29, 0.717) is 25.7 Å². The summed E-state index contributed by atoms with van der Waals surface area (Å²) in [5, 5.41) is 28.4. The molecule has 2 N–H and O–H groups in total. The van der Waals surface area contributed by atoms with E-state index >= 15 is 0 Å². The van der Waals surface area contributed by atoms with E-state index in [1.165, 1.54) is 29.7 Å². The molecule has 0 bridgehead atoms. The van der Waals surface area contributed by atoms with Crippen molar-refractivity contribution in [3.8, 4) is 5.88 Å². The number of allylic oxidation sites excluding steroid dienone is 1. The Morgan fingerprint density at radius 2 is 2.27 bits per heavy atom. The molecule has 0 saturated heterocycles. The zero-order chi connectivity index (χ0) is 15.7. The number of nitro benzene ring substituents is 1. The number of nitrogens with one attached hydrogen (secondary N) is 1. The van der Waals surface area contributed by atoms with Crippen molar-refractivity contribution in [1.29, 1.82) is 0 Å². The van der Waals surface area contributed by atoms with Crippen molar-refractivity contribution >= 4 is 47.2 Å². The number of nitrogens with zero attached hydrogens (tertiary/aromatic N) is 3. The molecule has 1 aromatic carbocycles. The first-order valence-electron chi connectivity index (χ1n) is 6.04. The molecule has 0 fully saturated rings. The van der Waals surface area contributed by atoms with E-state index in [9.17, 15) is 15.2 Å². The molecule has 1 aliphatic rings. The molecule has 0 saturated carbocycles. The summed E-state index contributed by atoms with van der Waals surface area (Å²) >= 11 is 6.18. The molecule has 9 heteroatoms. The highest BCUT2D eigenvalue weighted by Crippen LogP contribution is 2.26. The molecule has 0 aliphatic carbocycles. The number of nitro groups is 1. The predicted molar refractivity (Wildman–Crippen MR) is 87.3 cm³/mol. The van der Waals surface area contributed by atoms with Crippen LogP contribution in [-0.4, -0.2) is 26.9 Å². The van der Waals surface area contributed by atoms with Gasteiger partial charge in [0, 0.05) is 23.3 Å². The van der Waals surface area contributed by atoms with Crippen LogP contribution in [0.1, 0.15) is 10.4 Å². The first-order valence-corrected chi connectivity index (χ1v) is 7.27. The zero-order valence-electron chi connectivity index (χ0n) is 10.9. The van der Waals surface area contributed by atoms with Crippen molar-refractivity contribution < 1.29 is 10.0 Å². The summed E-state index contributed by atoms with van der Waals surface area (Å²) in [7, 11) is 0. The van der Waals surface area contributed by atoms with E-state index < -0.39 is 4.92 Å². The van der Waals surface area contributed by atoms with Gasteiger partial charge in [0.15, 0.2) is 3.95 Å². The van der Waals surface area contributed by atoms with Crippen molar-refractivity contribution in [3.05, 3.63) is 54.3 Å². The molecule has 2 heterocycles. The van der Waals surface area contributed by atoms with Gasteiger partial charge in [0.1, 0.15) is 5.71 Å². The van der Waals surface area contributed by atoms with Crippen LogP contribution in [0.15, 0.2) is 40.0 Å². The fraction of sp³-hybridized carbons (Fsp3) is 0. The predicted octanol–water partition coefficient (Wildman–Crippen LogP) is 3.29. The second kappa shape index (κ2) is 5.62. The molecule has 1 aromatic heterocycles. The topological polar surface area (TPSA) is 104 Å². The molecular weight excluding hydrogens is 324 g/mol. The molecule has 2 aromatic rings. The summed E-state index contributed by atoms with van der Waals surface area (Å²) in [6, 6.07) is 6.14. The number of H-pyrrole nitrogens is 1. The second-order valence-electron chi connectivity index (χ2n) is 4.33. The van der Waals surface area contributed by atoms with Crippen LogP contribution in [0.25, 0.3) is 6.08 Å². The third-order valence-electron chi connectivity index (χ3n) is 2.90. The Bertz CT molecular complexity index is 908. The molecule has 0 radical (unpaired) electrons. The molecular formula is C13H8N4O3S2. The smallest absolute Gasteiger partial charge is 0.270 e. The number of rotatable bonds is 3. The van der Waals surface area contributed by atoms with Gasteiger partial charge in [0.2, 0.25) is 5.88 Å². The largest absolute Gasteiger partial charge is 0.494 e. The SMILES string of the molecule is O=[N+]([O-])c1cccc(C2=NN=CC2=Cc2sc(=S)[nH]c2O)c1. The molecule has 0 amide bonds. The Morgan fingerprint density at radius 1 is 1.45 bits per heavy atom. The van der Waals surface area contributed by atoms with Crippen molar-refractivity contribution in [3.63, 3.8) is 0 Å². The van der Waals surface area contributed by atoms with Crippen LogP contribution in [0.4, 0.5) is 5.69 Å². The number of aromatic amines is 1. The van der Waals surface area contributed by atoms with Crippen LogP contribution in [-0.2, 0) is 0 Å². The minimum atomic E-state index is -0.465. The highest BCUT2D eigenvalue weighted by molar-refractivity contribution is 7.73. The van der Waals surface area contributed by atoms with E-state index in [0.717, 1.165) is 0 Å². The summed E-state index contributed by atoms with van der Waals surface area (Å²) < 4.78 is 0.452. The standard InChI is InChI=1S/C13H8N4O3S2/c18-12-10(22-13(21)15-12)5-8-6-14-16-11(8)7-2-1-3-9(4-7)17(19)20/h1-6,18H,(H,15,21). The van der Waals surface area contributed by atoms with Crippen LogP contribution >= 0.6 is 23.6 Å². The van der Waals surface area contributed by atoms with E-state index in [1.54, 1.807) is 18.2 Å². The minimum absolute atomic E-state index is 0.0217. The van der Waals surface area contributed by atoms with Gasteiger partial charge in [0.05, 0.1) is 16.0 Å². The van der Waals surface area contributed by atoms with Crippen molar-refractivity contribution in [2.45, 2.75) is 0 Å². The van der Waals surface area contributed by atoms with Gasteiger partial charge < -0.3 is 10.1 Å². The highest BCUT2D eigenvalue weighted by Gasteiger charge is 2.17. The molecule has 1 aliphatic heterocycles. The van der Waals surface area contributed by atoms with Gasteiger partial charge in [-0.2, -0.15) is 5.10 Å². The van der Waals surface area contributed by atoms with Crippen LogP contribution in [0, 0.1) is 14.1 Å². The molecule has 22 heavy (non-hydrogen) atoms. The zero-order valence-corrected chi connectivity index (χ0v) is 12.5. The fourth-order valence-corrected chi connectivity index (χ4v) is 2.98. The van der Waals surface area contributed by atoms with Gasteiger partial charge in [-0.15, -0.1) is 16.4 Å². The lowest BCUT2D eigenvalue weighted by atomic mass is 10.0.